The van der Waals surface area contributed by atoms with Crippen LogP contribution in [0.3, 0.4) is 0 Å². The minimum Gasteiger partial charge on any atom is -0.364 e. The molecule has 0 saturated heterocycles. The van der Waals surface area contributed by atoms with Crippen LogP contribution in [-0.4, -0.2) is 21.1 Å². The molecule has 2 aromatic heterocycles. The van der Waals surface area contributed by atoms with Crippen LogP contribution < -0.4 is 11.1 Å². The smallest absolute Gasteiger partial charge is 0.271 e. The summed E-state index contributed by atoms with van der Waals surface area (Å²) in [5.41, 5.74) is 6.78. The fourth-order valence-corrected chi connectivity index (χ4v) is 2.38. The lowest BCUT2D eigenvalue weighted by Crippen LogP contribution is -2.17. The predicted octanol–water partition coefficient (Wildman–Crippen LogP) is 2.64. The summed E-state index contributed by atoms with van der Waals surface area (Å²) in [7, 11) is 0. The SMILES string of the molecule is NC(=O)c1nnc(Cl)cc1Nc1cccc(C2CCC2)n1. The average Bonchev–Trinajstić information content (AvgIpc) is 2.36. The minimum absolute atomic E-state index is 0.0373. The van der Waals surface area contributed by atoms with Gasteiger partial charge >= 0.3 is 0 Å². The number of hydrogen-bond donors (Lipinski definition) is 2. The first kappa shape index (κ1) is 13.8. The number of carbonyl (C=O) groups excluding carboxylic acids is 1. The third-order valence-electron chi connectivity index (χ3n) is 3.55. The Kier molecular flexibility index (Phi) is 3.70. The van der Waals surface area contributed by atoms with Crippen LogP contribution in [0, 0.1) is 0 Å². The third-order valence-corrected chi connectivity index (χ3v) is 3.74. The largest absolute Gasteiger partial charge is 0.364 e. The van der Waals surface area contributed by atoms with E-state index in [1.54, 1.807) is 0 Å². The van der Waals surface area contributed by atoms with Crippen LogP contribution in [0.25, 0.3) is 0 Å². The second-order valence-corrected chi connectivity index (χ2v) is 5.38. The molecule has 1 fully saturated rings. The van der Waals surface area contributed by atoms with Gasteiger partial charge in [0.05, 0.1) is 5.69 Å². The summed E-state index contributed by atoms with van der Waals surface area (Å²) in [5, 5.41) is 10.6. The number of pyridine rings is 1. The number of rotatable bonds is 4. The zero-order valence-electron chi connectivity index (χ0n) is 11.2. The Labute approximate surface area is 126 Å². The highest BCUT2D eigenvalue weighted by atomic mass is 35.5. The van der Waals surface area contributed by atoms with E-state index < -0.39 is 5.91 Å². The van der Waals surface area contributed by atoms with Crippen LogP contribution in [0.5, 0.6) is 0 Å². The quantitative estimate of drug-likeness (QED) is 0.905. The molecule has 6 nitrogen and oxygen atoms in total. The molecular weight excluding hydrogens is 290 g/mol. The Hall–Kier alpha value is -2.21. The number of nitrogens with two attached hydrogens (primary N) is 1. The van der Waals surface area contributed by atoms with E-state index in [0.717, 1.165) is 5.69 Å². The summed E-state index contributed by atoms with van der Waals surface area (Å²) in [6, 6.07) is 7.28. The monoisotopic (exact) mass is 303 g/mol. The molecule has 7 heteroatoms. The molecule has 0 bridgehead atoms. The first-order valence-electron chi connectivity index (χ1n) is 6.70. The third kappa shape index (κ3) is 2.95. The van der Waals surface area contributed by atoms with E-state index in [9.17, 15) is 4.79 Å². The molecule has 1 aliphatic rings. The van der Waals surface area contributed by atoms with Crippen LogP contribution in [0.2, 0.25) is 5.15 Å². The number of carbonyl (C=O) groups is 1. The second-order valence-electron chi connectivity index (χ2n) is 4.99. The van der Waals surface area contributed by atoms with Gasteiger partial charge in [-0.1, -0.05) is 24.1 Å². The lowest BCUT2D eigenvalue weighted by Gasteiger charge is -2.25. The number of amides is 1. The molecule has 108 valence electrons. The Morgan fingerprint density at radius 1 is 1.33 bits per heavy atom. The van der Waals surface area contributed by atoms with E-state index in [-0.39, 0.29) is 10.8 Å². The van der Waals surface area contributed by atoms with Crippen LogP contribution in [-0.2, 0) is 0 Å². The molecule has 1 saturated carbocycles. The summed E-state index contributed by atoms with van der Waals surface area (Å²) in [4.78, 5) is 15.9. The molecule has 21 heavy (non-hydrogen) atoms. The summed E-state index contributed by atoms with van der Waals surface area (Å²) in [5.74, 6) is 0.490. The molecule has 2 heterocycles. The summed E-state index contributed by atoms with van der Waals surface area (Å²) in [6.45, 7) is 0. The average molecular weight is 304 g/mol. The second kappa shape index (κ2) is 5.65. The Balaban J connectivity index is 1.89. The van der Waals surface area contributed by atoms with Crippen molar-refractivity contribution < 1.29 is 4.79 Å². The maximum atomic E-state index is 11.4. The van der Waals surface area contributed by atoms with Crippen molar-refractivity contribution in [1.29, 1.82) is 0 Å². The maximum absolute atomic E-state index is 11.4. The van der Waals surface area contributed by atoms with E-state index in [2.05, 4.69) is 20.5 Å². The highest BCUT2D eigenvalue weighted by molar-refractivity contribution is 6.29. The van der Waals surface area contributed by atoms with E-state index in [1.807, 2.05) is 18.2 Å². The number of halogens is 1. The van der Waals surface area contributed by atoms with Gasteiger partial charge in [0.1, 0.15) is 5.82 Å². The first-order valence-corrected chi connectivity index (χ1v) is 7.08. The molecule has 0 radical (unpaired) electrons. The van der Waals surface area contributed by atoms with Gasteiger partial charge in [0.25, 0.3) is 5.91 Å². The van der Waals surface area contributed by atoms with E-state index >= 15 is 0 Å². The molecular formula is C14H14ClN5O. The van der Waals surface area contributed by atoms with Crippen molar-refractivity contribution in [1.82, 2.24) is 15.2 Å². The van der Waals surface area contributed by atoms with Gasteiger partial charge in [-0.2, -0.15) is 0 Å². The summed E-state index contributed by atoms with van der Waals surface area (Å²) in [6.07, 6.45) is 3.59. The van der Waals surface area contributed by atoms with Gasteiger partial charge in [-0.25, -0.2) is 4.98 Å². The molecule has 1 aliphatic carbocycles. The van der Waals surface area contributed by atoms with E-state index in [0.29, 0.717) is 17.4 Å². The minimum atomic E-state index is -0.670. The van der Waals surface area contributed by atoms with Gasteiger partial charge < -0.3 is 11.1 Å². The molecule has 0 aromatic carbocycles. The highest BCUT2D eigenvalue weighted by Gasteiger charge is 2.21. The highest BCUT2D eigenvalue weighted by Crippen LogP contribution is 2.35. The zero-order valence-corrected chi connectivity index (χ0v) is 12.0. The summed E-state index contributed by atoms with van der Waals surface area (Å²) >= 11 is 5.81. The van der Waals surface area contributed by atoms with Crippen molar-refractivity contribution in [2.24, 2.45) is 5.73 Å². The Morgan fingerprint density at radius 2 is 2.14 bits per heavy atom. The number of aromatic nitrogens is 3. The van der Waals surface area contributed by atoms with Gasteiger partial charge in [-0.3, -0.25) is 4.79 Å². The number of nitrogens with zero attached hydrogens (tertiary/aromatic N) is 3. The fourth-order valence-electron chi connectivity index (χ4n) is 2.24. The van der Waals surface area contributed by atoms with Gasteiger partial charge in [0.15, 0.2) is 10.8 Å². The molecule has 3 N–H and O–H groups in total. The van der Waals surface area contributed by atoms with Crippen molar-refractivity contribution in [3.63, 3.8) is 0 Å². The molecule has 1 amide bonds. The van der Waals surface area contributed by atoms with Crippen molar-refractivity contribution >= 4 is 29.0 Å². The van der Waals surface area contributed by atoms with Gasteiger partial charge in [-0.05, 0) is 25.0 Å². The molecule has 0 unspecified atom stereocenters. The van der Waals surface area contributed by atoms with Crippen LogP contribution in [0.1, 0.15) is 41.4 Å². The van der Waals surface area contributed by atoms with Crippen molar-refractivity contribution in [3.8, 4) is 0 Å². The van der Waals surface area contributed by atoms with E-state index in [4.69, 9.17) is 17.3 Å². The molecule has 3 rings (SSSR count). The lowest BCUT2D eigenvalue weighted by atomic mass is 9.83. The van der Waals surface area contributed by atoms with Crippen molar-refractivity contribution in [2.45, 2.75) is 25.2 Å². The zero-order chi connectivity index (χ0) is 14.8. The topological polar surface area (TPSA) is 93.8 Å². The number of hydrogen-bond acceptors (Lipinski definition) is 5. The summed E-state index contributed by atoms with van der Waals surface area (Å²) < 4.78 is 0. The Bertz CT molecular complexity index is 687. The fraction of sp³-hybridized carbons (Fsp3) is 0.286. The number of anilines is 2. The molecule has 0 atom stereocenters. The first-order chi connectivity index (χ1) is 10.1. The maximum Gasteiger partial charge on any atom is 0.271 e. The van der Waals surface area contributed by atoms with E-state index in [1.165, 1.54) is 25.3 Å². The molecule has 2 aromatic rings. The van der Waals surface area contributed by atoms with Crippen LogP contribution in [0.15, 0.2) is 24.3 Å². The standard InChI is InChI=1S/C14H14ClN5O/c15-11-7-10(13(14(16)21)20-19-11)18-12-6-2-5-9(17-12)8-3-1-4-8/h2,5-8H,1,3-4H2,(H2,16,21)(H,17,18,19). The van der Waals surface area contributed by atoms with Crippen molar-refractivity contribution in [3.05, 3.63) is 40.8 Å². The van der Waals surface area contributed by atoms with Crippen LogP contribution in [0.4, 0.5) is 11.5 Å². The molecule has 0 spiro atoms. The van der Waals surface area contributed by atoms with Gasteiger partial charge in [0, 0.05) is 17.7 Å². The van der Waals surface area contributed by atoms with Crippen LogP contribution >= 0.6 is 11.6 Å². The molecule has 0 aliphatic heterocycles. The lowest BCUT2D eigenvalue weighted by molar-refractivity contribution is 0.0995. The van der Waals surface area contributed by atoms with Crippen molar-refractivity contribution in [2.75, 3.05) is 5.32 Å². The van der Waals surface area contributed by atoms with Gasteiger partial charge in [0.2, 0.25) is 0 Å². The van der Waals surface area contributed by atoms with Gasteiger partial charge in [-0.15, -0.1) is 10.2 Å². The predicted molar refractivity (Wildman–Crippen MR) is 79.7 cm³/mol. The Morgan fingerprint density at radius 3 is 2.81 bits per heavy atom. The number of nitrogens with one attached hydrogen (secondary N) is 1. The normalized spacial score (nSPS) is 14.5. The number of primary amides is 1.